The molecule has 23 heavy (non-hydrogen) atoms. The van der Waals surface area contributed by atoms with E-state index in [1.807, 2.05) is 37.5 Å². The lowest BCUT2D eigenvalue weighted by molar-refractivity contribution is 0.408. The third-order valence-corrected chi connectivity index (χ3v) is 3.82. The average molecular weight is 493 g/mol. The summed E-state index contributed by atoms with van der Waals surface area (Å²) < 4.78 is 6.42. The van der Waals surface area contributed by atoms with Crippen molar-refractivity contribution in [2.75, 3.05) is 21.2 Å². The van der Waals surface area contributed by atoms with Gasteiger partial charge < -0.3 is 19.9 Å². The number of benzene rings is 1. The molecule has 0 aliphatic heterocycles. The molecule has 0 unspecified atom stereocenters. The van der Waals surface area contributed by atoms with Crippen molar-refractivity contribution in [1.82, 2.24) is 15.2 Å². The largest absolute Gasteiger partial charge is 0.496 e. The smallest absolute Gasteiger partial charge is 0.194 e. The molecule has 1 heterocycles. The van der Waals surface area contributed by atoms with Crippen LogP contribution in [0.1, 0.15) is 11.3 Å². The number of hydrogen-bond donors (Lipinski definition) is 2. The Morgan fingerprint density at radius 1 is 1.39 bits per heavy atom. The zero-order chi connectivity index (χ0) is 15.9. The van der Waals surface area contributed by atoms with Gasteiger partial charge in [0.05, 0.1) is 13.7 Å². The van der Waals surface area contributed by atoms with Crippen LogP contribution in [0.3, 0.4) is 0 Å². The number of H-pyrrole nitrogens is 1. The van der Waals surface area contributed by atoms with Crippen LogP contribution in [0.15, 0.2) is 46.0 Å². The fourth-order valence-corrected chi connectivity index (χ4v) is 2.65. The van der Waals surface area contributed by atoms with Crippen LogP contribution in [0.2, 0.25) is 0 Å². The summed E-state index contributed by atoms with van der Waals surface area (Å²) in [6.45, 7) is 1.41. The van der Waals surface area contributed by atoms with E-state index in [0.717, 1.165) is 34.0 Å². The van der Waals surface area contributed by atoms with Crippen LogP contribution in [-0.4, -0.2) is 37.0 Å². The lowest BCUT2D eigenvalue weighted by Crippen LogP contribution is -2.38. The van der Waals surface area contributed by atoms with Crippen molar-refractivity contribution >= 4 is 45.9 Å². The number of nitrogens with zero attached hydrogens (tertiary/aromatic N) is 2. The van der Waals surface area contributed by atoms with Crippen molar-refractivity contribution in [3.05, 3.63) is 52.3 Å². The monoisotopic (exact) mass is 492 g/mol. The quantitative estimate of drug-likeness (QED) is 0.381. The van der Waals surface area contributed by atoms with Gasteiger partial charge in [0.25, 0.3) is 0 Å². The lowest BCUT2D eigenvalue weighted by atomic mass is 10.2. The van der Waals surface area contributed by atoms with Gasteiger partial charge >= 0.3 is 0 Å². The molecule has 0 spiro atoms. The van der Waals surface area contributed by atoms with Crippen molar-refractivity contribution in [1.29, 1.82) is 0 Å². The van der Waals surface area contributed by atoms with E-state index in [1.165, 1.54) is 0 Å². The normalized spacial score (nSPS) is 10.9. The first-order chi connectivity index (χ1) is 10.6. The summed E-state index contributed by atoms with van der Waals surface area (Å²) >= 11 is 3.49. The van der Waals surface area contributed by atoms with Gasteiger partial charge in [0, 0.05) is 42.6 Å². The third kappa shape index (κ3) is 5.72. The van der Waals surface area contributed by atoms with Crippen LogP contribution in [0.5, 0.6) is 5.75 Å². The fourth-order valence-electron chi connectivity index (χ4n) is 2.24. The maximum absolute atomic E-state index is 5.39. The van der Waals surface area contributed by atoms with Gasteiger partial charge in [0.1, 0.15) is 5.75 Å². The van der Waals surface area contributed by atoms with Crippen LogP contribution in [0, 0.1) is 0 Å². The number of aliphatic imine (C=N–C) groups is 1. The van der Waals surface area contributed by atoms with Gasteiger partial charge in [-0.2, -0.15) is 0 Å². The number of aromatic amines is 1. The number of hydrogen-bond acceptors (Lipinski definition) is 2. The fraction of sp³-hybridized carbons (Fsp3) is 0.312. The van der Waals surface area contributed by atoms with E-state index >= 15 is 0 Å². The van der Waals surface area contributed by atoms with Gasteiger partial charge in [0.15, 0.2) is 5.96 Å². The molecule has 7 heteroatoms. The SMILES string of the molecule is CN=C(NCc1cc(Br)ccc1OC)N(C)Cc1ccc[nH]1.I. The Morgan fingerprint density at radius 3 is 2.78 bits per heavy atom. The first kappa shape index (κ1) is 19.8. The minimum Gasteiger partial charge on any atom is -0.496 e. The van der Waals surface area contributed by atoms with Crippen molar-refractivity contribution in [3.8, 4) is 5.75 Å². The Labute approximate surface area is 162 Å². The summed E-state index contributed by atoms with van der Waals surface area (Å²) in [4.78, 5) is 9.59. The molecule has 126 valence electrons. The Balaban J connectivity index is 0.00000264. The van der Waals surface area contributed by atoms with E-state index in [4.69, 9.17) is 4.74 Å². The van der Waals surface area contributed by atoms with Crippen LogP contribution in [-0.2, 0) is 13.1 Å². The second-order valence-electron chi connectivity index (χ2n) is 4.91. The van der Waals surface area contributed by atoms with Crippen LogP contribution >= 0.6 is 39.9 Å². The molecule has 0 aliphatic carbocycles. The Kier molecular flexibility index (Phi) is 8.46. The number of guanidine groups is 1. The summed E-state index contributed by atoms with van der Waals surface area (Å²) in [5.74, 6) is 1.69. The van der Waals surface area contributed by atoms with Crippen LogP contribution in [0.25, 0.3) is 0 Å². The van der Waals surface area contributed by atoms with Crippen molar-refractivity contribution in [2.45, 2.75) is 13.1 Å². The van der Waals surface area contributed by atoms with Crippen molar-refractivity contribution in [3.63, 3.8) is 0 Å². The zero-order valence-electron chi connectivity index (χ0n) is 13.5. The molecule has 0 aliphatic rings. The van der Waals surface area contributed by atoms with E-state index < -0.39 is 0 Å². The van der Waals surface area contributed by atoms with E-state index in [-0.39, 0.29) is 24.0 Å². The molecule has 2 N–H and O–H groups in total. The second kappa shape index (κ2) is 9.82. The van der Waals surface area contributed by atoms with E-state index in [0.29, 0.717) is 6.54 Å². The number of nitrogens with one attached hydrogen (secondary N) is 2. The third-order valence-electron chi connectivity index (χ3n) is 3.32. The highest BCUT2D eigenvalue weighted by atomic mass is 127. The highest BCUT2D eigenvalue weighted by Gasteiger charge is 2.09. The molecular weight excluding hydrogens is 471 g/mol. The van der Waals surface area contributed by atoms with Gasteiger partial charge in [-0.3, -0.25) is 4.99 Å². The summed E-state index contributed by atoms with van der Waals surface area (Å²) in [6, 6.07) is 10.0. The van der Waals surface area contributed by atoms with Crippen molar-refractivity contribution in [2.24, 2.45) is 4.99 Å². The molecule has 0 atom stereocenters. The molecule has 0 fully saturated rings. The lowest BCUT2D eigenvalue weighted by Gasteiger charge is -2.22. The number of halogens is 2. The number of ether oxygens (including phenoxy) is 1. The average Bonchev–Trinajstić information content (AvgIpc) is 3.01. The predicted molar refractivity (Wildman–Crippen MR) is 109 cm³/mol. The second-order valence-corrected chi connectivity index (χ2v) is 5.82. The first-order valence-electron chi connectivity index (χ1n) is 7.00. The van der Waals surface area contributed by atoms with Crippen molar-refractivity contribution < 1.29 is 4.74 Å². The van der Waals surface area contributed by atoms with Gasteiger partial charge in [-0.25, -0.2) is 0 Å². The molecule has 1 aromatic heterocycles. The molecule has 2 aromatic rings. The maximum Gasteiger partial charge on any atom is 0.194 e. The Hall–Kier alpha value is -1.22. The molecule has 0 amide bonds. The molecule has 0 bridgehead atoms. The minimum absolute atomic E-state index is 0. The standard InChI is InChI=1S/C16H21BrN4O.HI/c1-18-16(21(2)11-14-5-4-8-19-14)20-10-12-9-13(17)6-7-15(12)22-3;/h4-9,19H,10-11H2,1-3H3,(H,18,20);1H. The molecule has 0 radical (unpaired) electrons. The van der Waals surface area contributed by atoms with Crippen LogP contribution < -0.4 is 10.1 Å². The van der Waals surface area contributed by atoms with Crippen LogP contribution in [0.4, 0.5) is 0 Å². The predicted octanol–water partition coefficient (Wildman–Crippen LogP) is 3.61. The van der Waals surface area contributed by atoms with Gasteiger partial charge in [-0.05, 0) is 30.3 Å². The van der Waals surface area contributed by atoms with Gasteiger partial charge in [0.2, 0.25) is 0 Å². The summed E-state index contributed by atoms with van der Waals surface area (Å²) in [5, 5.41) is 3.36. The molecule has 0 saturated carbocycles. The minimum atomic E-state index is 0. The molecule has 2 rings (SSSR count). The Morgan fingerprint density at radius 2 is 2.17 bits per heavy atom. The highest BCUT2D eigenvalue weighted by molar-refractivity contribution is 14.0. The molecule has 1 aromatic carbocycles. The maximum atomic E-state index is 5.39. The van der Waals surface area contributed by atoms with E-state index in [9.17, 15) is 0 Å². The summed E-state index contributed by atoms with van der Waals surface area (Å²) in [6.07, 6.45) is 1.92. The molecule has 0 saturated heterocycles. The topological polar surface area (TPSA) is 52.7 Å². The Bertz CT molecular complexity index is 631. The van der Waals surface area contributed by atoms with Gasteiger partial charge in [-0.1, -0.05) is 15.9 Å². The highest BCUT2D eigenvalue weighted by Crippen LogP contribution is 2.22. The zero-order valence-corrected chi connectivity index (χ0v) is 17.4. The molecular formula is C16H22BrIN4O. The van der Waals surface area contributed by atoms with E-state index in [1.54, 1.807) is 14.2 Å². The number of methoxy groups -OCH3 is 1. The number of aromatic nitrogens is 1. The van der Waals surface area contributed by atoms with E-state index in [2.05, 4.69) is 42.2 Å². The first-order valence-corrected chi connectivity index (χ1v) is 7.79. The summed E-state index contributed by atoms with van der Waals surface area (Å²) in [7, 11) is 5.47. The van der Waals surface area contributed by atoms with Gasteiger partial charge in [-0.15, -0.1) is 24.0 Å². The number of rotatable bonds is 5. The molecule has 5 nitrogen and oxygen atoms in total. The summed E-state index contributed by atoms with van der Waals surface area (Å²) in [5.41, 5.74) is 2.22.